The highest BCUT2D eigenvalue weighted by molar-refractivity contribution is 5.61. The number of rotatable bonds is 5. The molecule has 3 rings (SSSR count). The minimum absolute atomic E-state index is 0.554. The van der Waals surface area contributed by atoms with Crippen molar-refractivity contribution in [2.75, 3.05) is 25.0 Å². The first kappa shape index (κ1) is 14.0. The number of nitrogens with zero attached hydrogens (tertiary/aromatic N) is 4. The van der Waals surface area contributed by atoms with E-state index in [1.165, 1.54) is 38.9 Å². The molecule has 0 bridgehead atoms. The number of H-pyrrole nitrogens is 1. The van der Waals surface area contributed by atoms with Gasteiger partial charge >= 0.3 is 0 Å². The topological polar surface area (TPSA) is 69.7 Å². The van der Waals surface area contributed by atoms with E-state index in [1.54, 1.807) is 0 Å². The maximum Gasteiger partial charge on any atom is 0.204 e. The molecule has 1 fully saturated rings. The third-order valence-corrected chi connectivity index (χ3v) is 3.96. The molecular formula is C15H22N6. The Morgan fingerprint density at radius 1 is 1.33 bits per heavy atom. The summed E-state index contributed by atoms with van der Waals surface area (Å²) < 4.78 is 0. The Hall–Kier alpha value is -1.95. The molecule has 0 atom stereocenters. The molecule has 0 saturated carbocycles. The number of hydrogen-bond donors (Lipinski definition) is 2. The third-order valence-electron chi connectivity index (χ3n) is 3.96. The van der Waals surface area contributed by atoms with E-state index in [4.69, 9.17) is 0 Å². The van der Waals surface area contributed by atoms with Crippen LogP contribution in [0.5, 0.6) is 0 Å². The second-order valence-electron chi connectivity index (χ2n) is 5.58. The fraction of sp³-hybridized carbons (Fsp3) is 0.533. The monoisotopic (exact) mass is 286 g/mol. The molecule has 6 heteroatoms. The van der Waals surface area contributed by atoms with Gasteiger partial charge in [-0.1, -0.05) is 19.1 Å². The van der Waals surface area contributed by atoms with Crippen LogP contribution in [0.15, 0.2) is 24.3 Å². The van der Waals surface area contributed by atoms with E-state index in [1.807, 2.05) is 12.1 Å². The molecule has 0 unspecified atom stereocenters. The first-order valence-electron chi connectivity index (χ1n) is 7.68. The van der Waals surface area contributed by atoms with Gasteiger partial charge in [-0.3, -0.25) is 0 Å². The number of aromatic amines is 1. The van der Waals surface area contributed by atoms with Crippen LogP contribution in [-0.2, 0) is 0 Å². The lowest BCUT2D eigenvalue weighted by Gasteiger charge is -2.32. The van der Waals surface area contributed by atoms with Crippen molar-refractivity contribution >= 4 is 5.69 Å². The minimum Gasteiger partial charge on any atom is -0.382 e. The molecule has 0 aliphatic carbocycles. The summed E-state index contributed by atoms with van der Waals surface area (Å²) in [7, 11) is 0. The molecular weight excluding hydrogens is 264 g/mol. The second kappa shape index (κ2) is 6.67. The van der Waals surface area contributed by atoms with E-state index in [2.05, 4.69) is 49.9 Å². The predicted octanol–water partition coefficient (Wildman–Crippen LogP) is 2.15. The van der Waals surface area contributed by atoms with Crippen LogP contribution < -0.4 is 5.32 Å². The summed E-state index contributed by atoms with van der Waals surface area (Å²) in [5.41, 5.74) is 2.11. The average Bonchev–Trinajstić information content (AvgIpc) is 3.04. The Balaban J connectivity index is 1.60. The molecule has 112 valence electrons. The average molecular weight is 286 g/mol. The molecule has 1 aliphatic rings. The first-order chi connectivity index (χ1) is 10.3. The molecule has 6 nitrogen and oxygen atoms in total. The van der Waals surface area contributed by atoms with Crippen molar-refractivity contribution in [3.05, 3.63) is 24.3 Å². The van der Waals surface area contributed by atoms with E-state index in [-0.39, 0.29) is 0 Å². The Kier molecular flexibility index (Phi) is 4.45. The summed E-state index contributed by atoms with van der Waals surface area (Å²) in [4.78, 5) is 2.55. The van der Waals surface area contributed by atoms with Crippen molar-refractivity contribution in [2.45, 2.75) is 32.2 Å². The van der Waals surface area contributed by atoms with Crippen LogP contribution >= 0.6 is 0 Å². The minimum atomic E-state index is 0.554. The van der Waals surface area contributed by atoms with E-state index in [9.17, 15) is 0 Å². The van der Waals surface area contributed by atoms with Crippen LogP contribution in [-0.4, -0.2) is 51.2 Å². The molecule has 0 amide bonds. The molecule has 0 radical (unpaired) electrons. The van der Waals surface area contributed by atoms with E-state index in [0.29, 0.717) is 11.9 Å². The van der Waals surface area contributed by atoms with Gasteiger partial charge in [-0.15, -0.1) is 10.2 Å². The number of benzene rings is 1. The molecule has 1 saturated heterocycles. The summed E-state index contributed by atoms with van der Waals surface area (Å²) in [5.74, 6) is 0.636. The molecule has 1 aromatic heterocycles. The van der Waals surface area contributed by atoms with Crippen LogP contribution in [0, 0.1) is 0 Å². The Morgan fingerprint density at radius 3 is 2.90 bits per heavy atom. The van der Waals surface area contributed by atoms with E-state index in [0.717, 1.165) is 11.3 Å². The van der Waals surface area contributed by atoms with Gasteiger partial charge in [-0.2, -0.15) is 5.21 Å². The fourth-order valence-corrected chi connectivity index (χ4v) is 2.88. The van der Waals surface area contributed by atoms with Gasteiger partial charge in [0.2, 0.25) is 5.82 Å². The maximum atomic E-state index is 4.02. The summed E-state index contributed by atoms with van der Waals surface area (Å²) in [6, 6.07) is 8.77. The van der Waals surface area contributed by atoms with Crippen molar-refractivity contribution in [2.24, 2.45) is 0 Å². The highest BCUT2D eigenvalue weighted by Gasteiger charge is 2.18. The van der Waals surface area contributed by atoms with Gasteiger partial charge < -0.3 is 10.2 Å². The molecule has 1 aromatic carbocycles. The maximum absolute atomic E-state index is 4.02. The van der Waals surface area contributed by atoms with Crippen molar-refractivity contribution in [3.8, 4) is 11.4 Å². The molecule has 21 heavy (non-hydrogen) atoms. The van der Waals surface area contributed by atoms with Crippen molar-refractivity contribution in [1.82, 2.24) is 25.5 Å². The summed E-state index contributed by atoms with van der Waals surface area (Å²) in [6.45, 7) is 5.85. The lowest BCUT2D eigenvalue weighted by atomic mass is 10.0. The lowest BCUT2D eigenvalue weighted by molar-refractivity contribution is 0.219. The predicted molar refractivity (Wildman–Crippen MR) is 83.0 cm³/mol. The summed E-state index contributed by atoms with van der Waals surface area (Å²) in [6.07, 6.45) is 3.64. The zero-order valence-electron chi connectivity index (χ0n) is 12.4. The van der Waals surface area contributed by atoms with Crippen LogP contribution in [0.2, 0.25) is 0 Å². The highest BCUT2D eigenvalue weighted by atomic mass is 15.5. The zero-order chi connectivity index (χ0) is 14.5. The van der Waals surface area contributed by atoms with Crippen LogP contribution in [0.1, 0.15) is 26.2 Å². The molecule has 2 N–H and O–H groups in total. The number of piperidine rings is 1. The van der Waals surface area contributed by atoms with Crippen molar-refractivity contribution < 1.29 is 0 Å². The summed E-state index contributed by atoms with van der Waals surface area (Å²) >= 11 is 0. The lowest BCUT2D eigenvalue weighted by Crippen LogP contribution is -2.39. The van der Waals surface area contributed by atoms with Gasteiger partial charge in [0.15, 0.2) is 0 Å². The quantitative estimate of drug-likeness (QED) is 0.881. The SMILES string of the molecule is CCCN1CCC(Nc2cccc(-c3nn[nH]n3)c2)CC1. The van der Waals surface area contributed by atoms with Gasteiger partial charge in [0, 0.05) is 30.4 Å². The number of anilines is 1. The van der Waals surface area contributed by atoms with Crippen LogP contribution in [0.4, 0.5) is 5.69 Å². The number of likely N-dealkylation sites (tertiary alicyclic amines) is 1. The van der Waals surface area contributed by atoms with Gasteiger partial charge in [-0.25, -0.2) is 0 Å². The molecule has 2 aromatic rings. The van der Waals surface area contributed by atoms with Gasteiger partial charge in [0.25, 0.3) is 0 Å². The Morgan fingerprint density at radius 2 is 2.19 bits per heavy atom. The fourth-order valence-electron chi connectivity index (χ4n) is 2.88. The molecule has 1 aliphatic heterocycles. The van der Waals surface area contributed by atoms with Crippen LogP contribution in [0.25, 0.3) is 11.4 Å². The number of tetrazole rings is 1. The number of hydrogen-bond acceptors (Lipinski definition) is 5. The first-order valence-corrected chi connectivity index (χ1v) is 7.68. The highest BCUT2D eigenvalue weighted by Crippen LogP contribution is 2.21. The van der Waals surface area contributed by atoms with E-state index < -0.39 is 0 Å². The second-order valence-corrected chi connectivity index (χ2v) is 5.58. The zero-order valence-corrected chi connectivity index (χ0v) is 12.4. The number of aromatic nitrogens is 4. The van der Waals surface area contributed by atoms with Crippen molar-refractivity contribution in [3.63, 3.8) is 0 Å². The van der Waals surface area contributed by atoms with Gasteiger partial charge in [-0.05, 0) is 43.2 Å². The smallest absolute Gasteiger partial charge is 0.204 e. The van der Waals surface area contributed by atoms with Crippen molar-refractivity contribution in [1.29, 1.82) is 0 Å². The van der Waals surface area contributed by atoms with E-state index >= 15 is 0 Å². The normalized spacial score (nSPS) is 17.0. The Labute approximate surface area is 124 Å². The van der Waals surface area contributed by atoms with Gasteiger partial charge in [0.1, 0.15) is 0 Å². The molecule has 0 spiro atoms. The largest absolute Gasteiger partial charge is 0.382 e. The van der Waals surface area contributed by atoms with Gasteiger partial charge in [0.05, 0.1) is 0 Å². The summed E-state index contributed by atoms with van der Waals surface area (Å²) in [5, 5.41) is 17.8. The standard InChI is InChI=1S/C15H22N6/c1-2-8-21-9-6-13(7-10-21)16-14-5-3-4-12(11-14)15-17-19-20-18-15/h3-5,11,13,16H,2,6-10H2,1H3,(H,17,18,19,20). The Bertz CT molecular complexity index is 545. The molecule has 2 heterocycles. The third kappa shape index (κ3) is 3.58. The number of nitrogens with one attached hydrogen (secondary N) is 2. The van der Waals surface area contributed by atoms with Crippen LogP contribution in [0.3, 0.4) is 0 Å².